The first-order valence-electron chi connectivity index (χ1n) is 10.5. The van der Waals surface area contributed by atoms with Crippen LogP contribution in [0.2, 0.25) is 0 Å². The molecule has 0 aliphatic carbocycles. The number of imidazole rings is 1. The van der Waals surface area contributed by atoms with Crippen molar-refractivity contribution in [2.75, 3.05) is 6.54 Å². The van der Waals surface area contributed by atoms with Crippen molar-refractivity contribution in [2.45, 2.75) is 38.8 Å². The highest BCUT2D eigenvalue weighted by molar-refractivity contribution is 5.82. The van der Waals surface area contributed by atoms with E-state index in [0.717, 1.165) is 48.0 Å². The second-order valence-electron chi connectivity index (χ2n) is 8.08. The van der Waals surface area contributed by atoms with Gasteiger partial charge in [0.15, 0.2) is 0 Å². The number of ether oxygens (including phenoxy) is 1. The maximum atomic E-state index is 12.8. The highest BCUT2D eigenvalue weighted by Crippen LogP contribution is 2.33. The average molecular weight is 405 g/mol. The molecule has 0 radical (unpaired) electrons. The van der Waals surface area contributed by atoms with E-state index in [4.69, 9.17) is 10.5 Å². The third kappa shape index (κ3) is 4.24. The van der Waals surface area contributed by atoms with Gasteiger partial charge in [0.2, 0.25) is 5.91 Å². The molecule has 1 saturated heterocycles. The first-order valence-corrected chi connectivity index (χ1v) is 10.5. The van der Waals surface area contributed by atoms with Crippen LogP contribution in [-0.4, -0.2) is 33.4 Å². The highest BCUT2D eigenvalue weighted by Gasteiger charge is 2.35. The molecule has 2 unspecified atom stereocenters. The van der Waals surface area contributed by atoms with E-state index in [-0.39, 0.29) is 17.9 Å². The number of hydrogen-bond acceptors (Lipinski definition) is 4. The van der Waals surface area contributed by atoms with Crippen LogP contribution >= 0.6 is 0 Å². The average Bonchev–Trinajstić information content (AvgIpc) is 3.43. The van der Waals surface area contributed by atoms with Gasteiger partial charge in [-0.05, 0) is 60.7 Å². The molecule has 2 aromatic carbocycles. The number of nitrogens with zero attached hydrogens (tertiary/aromatic N) is 2. The summed E-state index contributed by atoms with van der Waals surface area (Å²) in [4.78, 5) is 22.6. The van der Waals surface area contributed by atoms with Crippen LogP contribution in [-0.2, 0) is 4.79 Å². The lowest BCUT2D eigenvalue weighted by Gasteiger charge is -2.27. The minimum atomic E-state index is -0.475. The molecule has 6 heteroatoms. The Morgan fingerprint density at radius 1 is 1.13 bits per heavy atom. The summed E-state index contributed by atoms with van der Waals surface area (Å²) in [7, 11) is 0. The van der Waals surface area contributed by atoms with Crippen LogP contribution in [0.3, 0.4) is 0 Å². The summed E-state index contributed by atoms with van der Waals surface area (Å²) in [5.74, 6) is 2.52. The van der Waals surface area contributed by atoms with Crippen molar-refractivity contribution < 1.29 is 9.53 Å². The molecule has 1 aromatic heterocycles. The molecule has 3 aromatic rings. The first kappa shape index (κ1) is 20.2. The number of para-hydroxylation sites is 1. The third-order valence-electron chi connectivity index (χ3n) is 5.59. The van der Waals surface area contributed by atoms with Crippen molar-refractivity contribution >= 4 is 5.91 Å². The van der Waals surface area contributed by atoms with Crippen molar-refractivity contribution in [3.05, 3.63) is 66.6 Å². The molecule has 156 valence electrons. The smallest absolute Gasteiger partial charge is 0.240 e. The predicted octanol–water partition coefficient (Wildman–Crippen LogP) is 4.52. The largest absolute Gasteiger partial charge is 0.457 e. The van der Waals surface area contributed by atoms with Crippen molar-refractivity contribution in [2.24, 2.45) is 11.7 Å². The quantitative estimate of drug-likeness (QED) is 0.633. The van der Waals surface area contributed by atoms with Crippen molar-refractivity contribution in [1.82, 2.24) is 14.9 Å². The monoisotopic (exact) mass is 404 g/mol. The van der Waals surface area contributed by atoms with E-state index < -0.39 is 6.04 Å². The van der Waals surface area contributed by atoms with Crippen molar-refractivity contribution in [3.63, 3.8) is 0 Å². The van der Waals surface area contributed by atoms with Gasteiger partial charge in [-0.15, -0.1) is 0 Å². The second kappa shape index (κ2) is 8.71. The summed E-state index contributed by atoms with van der Waals surface area (Å²) in [5.41, 5.74) is 8.05. The van der Waals surface area contributed by atoms with Crippen LogP contribution in [0.1, 0.15) is 38.6 Å². The molecule has 1 fully saturated rings. The van der Waals surface area contributed by atoms with Crippen LogP contribution in [0.25, 0.3) is 11.3 Å². The topological polar surface area (TPSA) is 84.2 Å². The number of aromatic nitrogens is 2. The summed E-state index contributed by atoms with van der Waals surface area (Å²) >= 11 is 0. The number of aromatic amines is 1. The predicted molar refractivity (Wildman–Crippen MR) is 117 cm³/mol. The Labute approximate surface area is 177 Å². The Morgan fingerprint density at radius 2 is 1.83 bits per heavy atom. The molecule has 1 aliphatic rings. The molecular formula is C24H28N4O2. The zero-order valence-corrected chi connectivity index (χ0v) is 17.4. The Balaban J connectivity index is 1.48. The van der Waals surface area contributed by atoms with E-state index in [1.54, 1.807) is 0 Å². The van der Waals surface area contributed by atoms with Gasteiger partial charge in [-0.3, -0.25) is 4.79 Å². The zero-order valence-electron chi connectivity index (χ0n) is 17.4. The van der Waals surface area contributed by atoms with Crippen LogP contribution in [0.15, 0.2) is 60.8 Å². The fourth-order valence-electron chi connectivity index (χ4n) is 3.77. The Morgan fingerprint density at radius 3 is 2.53 bits per heavy atom. The van der Waals surface area contributed by atoms with E-state index >= 15 is 0 Å². The fraction of sp³-hybridized carbons (Fsp3) is 0.333. The number of rotatable bonds is 6. The van der Waals surface area contributed by atoms with Gasteiger partial charge in [-0.2, -0.15) is 0 Å². The summed E-state index contributed by atoms with van der Waals surface area (Å²) < 4.78 is 5.86. The minimum absolute atomic E-state index is 0.00728. The van der Waals surface area contributed by atoms with Gasteiger partial charge < -0.3 is 20.4 Å². The number of carbonyl (C=O) groups is 1. The molecule has 2 heterocycles. The molecule has 30 heavy (non-hydrogen) atoms. The standard InChI is InChI=1S/C24H28N4O2/c1-16(2)22(25)24(29)28-14-6-9-21(28)23-26-15-20(27-23)17-10-12-19(13-11-17)30-18-7-4-3-5-8-18/h3-5,7-8,10-13,15-16,21-22H,6,9,14,25H2,1-2H3,(H,26,27). The van der Waals surface area contributed by atoms with Gasteiger partial charge in [-0.25, -0.2) is 4.98 Å². The number of hydrogen-bond donors (Lipinski definition) is 2. The van der Waals surface area contributed by atoms with E-state index in [2.05, 4.69) is 9.97 Å². The summed E-state index contributed by atoms with van der Waals surface area (Å²) in [5, 5.41) is 0. The molecule has 0 saturated carbocycles. The van der Waals surface area contributed by atoms with E-state index in [9.17, 15) is 4.79 Å². The van der Waals surface area contributed by atoms with E-state index in [1.165, 1.54) is 0 Å². The first-order chi connectivity index (χ1) is 14.5. The molecule has 0 bridgehead atoms. The lowest BCUT2D eigenvalue weighted by Crippen LogP contribution is -2.46. The maximum Gasteiger partial charge on any atom is 0.240 e. The SMILES string of the molecule is CC(C)C(N)C(=O)N1CCCC1c1ncc(-c2ccc(Oc3ccccc3)cc2)[nH]1. The Bertz CT molecular complexity index is 982. The van der Waals surface area contributed by atoms with Gasteiger partial charge in [0.25, 0.3) is 0 Å². The highest BCUT2D eigenvalue weighted by atomic mass is 16.5. The van der Waals surface area contributed by atoms with Crippen LogP contribution in [0.4, 0.5) is 0 Å². The summed E-state index contributed by atoms with van der Waals surface area (Å²) in [6.07, 6.45) is 3.68. The molecule has 4 rings (SSSR count). The molecule has 3 N–H and O–H groups in total. The van der Waals surface area contributed by atoms with Gasteiger partial charge in [-0.1, -0.05) is 32.0 Å². The van der Waals surface area contributed by atoms with Gasteiger partial charge >= 0.3 is 0 Å². The molecular weight excluding hydrogens is 376 g/mol. The fourth-order valence-corrected chi connectivity index (χ4v) is 3.77. The number of nitrogens with two attached hydrogens (primary N) is 1. The zero-order chi connectivity index (χ0) is 21.1. The van der Waals surface area contributed by atoms with E-state index in [1.807, 2.05) is 79.5 Å². The van der Waals surface area contributed by atoms with Gasteiger partial charge in [0.05, 0.1) is 24.0 Å². The molecule has 6 nitrogen and oxygen atoms in total. The number of nitrogens with one attached hydrogen (secondary N) is 1. The van der Waals surface area contributed by atoms with Crippen molar-refractivity contribution in [3.8, 4) is 22.8 Å². The Hall–Kier alpha value is -3.12. The number of benzene rings is 2. The normalized spacial score (nSPS) is 17.3. The van der Waals surface area contributed by atoms with Crippen LogP contribution in [0.5, 0.6) is 11.5 Å². The minimum Gasteiger partial charge on any atom is -0.457 e. The lowest BCUT2D eigenvalue weighted by molar-refractivity contribution is -0.134. The number of carbonyl (C=O) groups excluding carboxylic acids is 1. The maximum absolute atomic E-state index is 12.8. The van der Waals surface area contributed by atoms with Gasteiger partial charge in [0, 0.05) is 6.54 Å². The molecule has 0 spiro atoms. The molecule has 1 aliphatic heterocycles. The van der Waals surface area contributed by atoms with Crippen LogP contribution < -0.4 is 10.5 Å². The number of H-pyrrole nitrogens is 1. The van der Waals surface area contributed by atoms with Crippen molar-refractivity contribution in [1.29, 1.82) is 0 Å². The number of amides is 1. The lowest BCUT2D eigenvalue weighted by atomic mass is 10.0. The van der Waals surface area contributed by atoms with E-state index in [0.29, 0.717) is 0 Å². The summed E-state index contributed by atoms with van der Waals surface area (Å²) in [6.45, 7) is 4.68. The number of likely N-dealkylation sites (tertiary alicyclic amines) is 1. The molecule has 2 atom stereocenters. The van der Waals surface area contributed by atoms with Crippen LogP contribution in [0, 0.1) is 5.92 Å². The van der Waals surface area contributed by atoms with Gasteiger partial charge in [0.1, 0.15) is 17.3 Å². The third-order valence-corrected chi connectivity index (χ3v) is 5.59. The summed E-state index contributed by atoms with van der Waals surface area (Å²) in [6, 6.07) is 17.1. The molecule has 1 amide bonds. The Kier molecular flexibility index (Phi) is 5.86. The second-order valence-corrected chi connectivity index (χ2v) is 8.08.